The summed E-state index contributed by atoms with van der Waals surface area (Å²) in [4.78, 5) is -0.0684. The van der Waals surface area contributed by atoms with Crippen molar-refractivity contribution in [3.8, 4) is 0 Å². The number of hydrogen-bond acceptors (Lipinski definition) is 4. The summed E-state index contributed by atoms with van der Waals surface area (Å²) in [6, 6.07) is 9.21. The summed E-state index contributed by atoms with van der Waals surface area (Å²) in [5, 5.41) is 8.64. The van der Waals surface area contributed by atoms with Gasteiger partial charge in [-0.1, -0.05) is 43.1 Å². The highest BCUT2D eigenvalue weighted by Crippen LogP contribution is 2.28. The van der Waals surface area contributed by atoms with Gasteiger partial charge >= 0.3 is 0 Å². The highest BCUT2D eigenvalue weighted by molar-refractivity contribution is 7.89. The van der Waals surface area contributed by atoms with Crippen molar-refractivity contribution in [1.29, 1.82) is 0 Å². The summed E-state index contributed by atoms with van der Waals surface area (Å²) in [5.41, 5.74) is 0.642. The Hall–Kier alpha value is -1.67. The van der Waals surface area contributed by atoms with Gasteiger partial charge in [0.1, 0.15) is 4.90 Å². The molecule has 0 amide bonds. The molecule has 1 aromatic carbocycles. The Labute approximate surface area is 155 Å². The minimum atomic E-state index is -3.90. The molecule has 0 saturated carbocycles. The molecule has 0 radical (unpaired) electrons. The van der Waals surface area contributed by atoms with Crippen LogP contribution in [0.5, 0.6) is 0 Å². The lowest BCUT2D eigenvalue weighted by atomic mass is 10.1. The van der Waals surface area contributed by atoms with Crippen LogP contribution in [-0.2, 0) is 10.0 Å². The van der Waals surface area contributed by atoms with Crippen molar-refractivity contribution in [3.05, 3.63) is 58.5 Å². The molecule has 9 heteroatoms. The third kappa shape index (κ3) is 3.64. The van der Waals surface area contributed by atoms with E-state index in [0.717, 1.165) is 0 Å². The SMILES string of the molecule is CC(C)C(NS(=O)(=O)c1cc(Cl)ccc1Cl)c1nnc2ccccn12. The van der Waals surface area contributed by atoms with Gasteiger partial charge in [0.05, 0.1) is 11.1 Å². The van der Waals surface area contributed by atoms with Gasteiger partial charge in [-0.2, -0.15) is 0 Å². The molecule has 132 valence electrons. The summed E-state index contributed by atoms with van der Waals surface area (Å²) in [5.74, 6) is 0.438. The Morgan fingerprint density at radius 2 is 1.88 bits per heavy atom. The highest BCUT2D eigenvalue weighted by atomic mass is 35.5. The standard InChI is InChI=1S/C16H16Cl2N4O2S/c1-10(2)15(16-20-19-14-5-3-4-8-22(14)16)21-25(23,24)13-9-11(17)6-7-12(13)18/h3-10,15,21H,1-2H3. The molecule has 1 N–H and O–H groups in total. The molecule has 0 spiro atoms. The molecule has 0 bridgehead atoms. The maximum atomic E-state index is 12.8. The van der Waals surface area contributed by atoms with Gasteiger partial charge in [0.2, 0.25) is 10.0 Å². The van der Waals surface area contributed by atoms with Crippen molar-refractivity contribution in [2.75, 3.05) is 0 Å². The first-order chi connectivity index (χ1) is 11.8. The number of halogens is 2. The van der Waals surface area contributed by atoms with Gasteiger partial charge in [0, 0.05) is 11.2 Å². The van der Waals surface area contributed by atoms with E-state index in [0.29, 0.717) is 16.5 Å². The van der Waals surface area contributed by atoms with E-state index >= 15 is 0 Å². The molecule has 0 fully saturated rings. The molecular weight excluding hydrogens is 383 g/mol. The second kappa shape index (κ2) is 6.92. The third-order valence-corrected chi connectivity index (χ3v) is 5.91. The Kier molecular flexibility index (Phi) is 5.02. The maximum Gasteiger partial charge on any atom is 0.242 e. The average molecular weight is 399 g/mol. The first kappa shape index (κ1) is 18.1. The van der Waals surface area contributed by atoms with Crippen molar-refractivity contribution in [3.63, 3.8) is 0 Å². The van der Waals surface area contributed by atoms with Crippen LogP contribution in [0, 0.1) is 5.92 Å². The van der Waals surface area contributed by atoms with E-state index in [1.807, 2.05) is 26.0 Å². The topological polar surface area (TPSA) is 76.4 Å². The van der Waals surface area contributed by atoms with Crippen molar-refractivity contribution in [2.45, 2.75) is 24.8 Å². The van der Waals surface area contributed by atoms with E-state index in [1.165, 1.54) is 18.2 Å². The summed E-state index contributed by atoms with van der Waals surface area (Å²) < 4.78 is 30.1. The number of nitrogens with zero attached hydrogens (tertiary/aromatic N) is 3. The van der Waals surface area contributed by atoms with E-state index in [-0.39, 0.29) is 15.8 Å². The van der Waals surface area contributed by atoms with Crippen molar-refractivity contribution in [1.82, 2.24) is 19.3 Å². The van der Waals surface area contributed by atoms with Gasteiger partial charge in [-0.15, -0.1) is 10.2 Å². The number of benzene rings is 1. The fraction of sp³-hybridized carbons (Fsp3) is 0.250. The molecule has 3 rings (SSSR count). The molecule has 0 saturated heterocycles. The number of fused-ring (bicyclic) bond motifs is 1. The summed E-state index contributed by atoms with van der Waals surface area (Å²) in [6.45, 7) is 3.80. The number of hydrogen-bond donors (Lipinski definition) is 1. The van der Waals surface area contributed by atoms with Gasteiger partial charge in [0.25, 0.3) is 0 Å². The van der Waals surface area contributed by atoms with Gasteiger partial charge in [-0.25, -0.2) is 13.1 Å². The molecule has 6 nitrogen and oxygen atoms in total. The van der Waals surface area contributed by atoms with Crippen LogP contribution in [-0.4, -0.2) is 23.0 Å². The first-order valence-corrected chi connectivity index (χ1v) is 9.80. The normalized spacial score (nSPS) is 13.5. The van der Waals surface area contributed by atoms with E-state index in [2.05, 4.69) is 14.9 Å². The Morgan fingerprint density at radius 1 is 1.12 bits per heavy atom. The number of pyridine rings is 1. The van der Waals surface area contributed by atoms with Crippen LogP contribution in [0.3, 0.4) is 0 Å². The second-order valence-electron chi connectivity index (χ2n) is 5.90. The van der Waals surface area contributed by atoms with Crippen LogP contribution in [0.4, 0.5) is 0 Å². The Balaban J connectivity index is 2.04. The minimum absolute atomic E-state index is 0.0684. The summed E-state index contributed by atoms with van der Waals surface area (Å²) >= 11 is 12.0. The van der Waals surface area contributed by atoms with E-state index < -0.39 is 16.1 Å². The number of aromatic nitrogens is 3. The average Bonchev–Trinajstić information content (AvgIpc) is 2.98. The lowest BCUT2D eigenvalue weighted by Crippen LogP contribution is -2.33. The number of nitrogens with one attached hydrogen (secondary N) is 1. The number of sulfonamides is 1. The van der Waals surface area contributed by atoms with Crippen LogP contribution in [0.1, 0.15) is 25.7 Å². The predicted octanol–water partition coefficient (Wildman–Crippen LogP) is 3.71. The van der Waals surface area contributed by atoms with Crippen LogP contribution >= 0.6 is 23.2 Å². The van der Waals surface area contributed by atoms with Gasteiger partial charge in [-0.3, -0.25) is 4.40 Å². The third-order valence-electron chi connectivity index (χ3n) is 3.75. The zero-order valence-electron chi connectivity index (χ0n) is 13.5. The molecule has 0 aliphatic carbocycles. The monoisotopic (exact) mass is 398 g/mol. The number of rotatable bonds is 5. The molecule has 0 aliphatic heterocycles. The molecule has 2 aromatic heterocycles. The Bertz CT molecular complexity index is 1020. The summed E-state index contributed by atoms with van der Waals surface area (Å²) in [7, 11) is -3.90. The van der Waals surface area contributed by atoms with Gasteiger partial charge in [0.15, 0.2) is 11.5 Å². The molecule has 25 heavy (non-hydrogen) atoms. The smallest absolute Gasteiger partial charge is 0.242 e. The lowest BCUT2D eigenvalue weighted by Gasteiger charge is -2.21. The molecular formula is C16H16Cl2N4O2S. The highest BCUT2D eigenvalue weighted by Gasteiger charge is 2.29. The lowest BCUT2D eigenvalue weighted by molar-refractivity contribution is 0.441. The maximum absolute atomic E-state index is 12.8. The van der Waals surface area contributed by atoms with Crippen LogP contribution in [0.2, 0.25) is 10.0 Å². The van der Waals surface area contributed by atoms with Crippen molar-refractivity contribution < 1.29 is 8.42 Å². The molecule has 1 unspecified atom stereocenters. The van der Waals surface area contributed by atoms with Crippen LogP contribution in [0.15, 0.2) is 47.5 Å². The molecule has 2 heterocycles. The van der Waals surface area contributed by atoms with Gasteiger partial charge in [-0.05, 0) is 36.2 Å². The second-order valence-corrected chi connectivity index (χ2v) is 8.43. The fourth-order valence-corrected chi connectivity index (χ4v) is 4.58. The molecule has 0 aliphatic rings. The summed E-state index contributed by atoms with van der Waals surface area (Å²) in [6.07, 6.45) is 1.79. The zero-order chi connectivity index (χ0) is 18.2. The van der Waals surface area contributed by atoms with E-state index in [9.17, 15) is 8.42 Å². The van der Waals surface area contributed by atoms with E-state index in [4.69, 9.17) is 23.2 Å². The van der Waals surface area contributed by atoms with Crippen LogP contribution < -0.4 is 4.72 Å². The quantitative estimate of drug-likeness (QED) is 0.710. The van der Waals surface area contributed by atoms with Crippen LogP contribution in [0.25, 0.3) is 5.65 Å². The van der Waals surface area contributed by atoms with Gasteiger partial charge < -0.3 is 0 Å². The Morgan fingerprint density at radius 3 is 2.60 bits per heavy atom. The largest absolute Gasteiger partial charge is 0.285 e. The first-order valence-electron chi connectivity index (χ1n) is 7.56. The molecule has 1 atom stereocenters. The minimum Gasteiger partial charge on any atom is -0.285 e. The van der Waals surface area contributed by atoms with Crippen molar-refractivity contribution >= 4 is 38.9 Å². The molecule has 3 aromatic rings. The van der Waals surface area contributed by atoms with E-state index in [1.54, 1.807) is 16.7 Å². The van der Waals surface area contributed by atoms with Crippen molar-refractivity contribution in [2.24, 2.45) is 5.92 Å². The predicted molar refractivity (Wildman–Crippen MR) is 97.3 cm³/mol. The fourth-order valence-electron chi connectivity index (χ4n) is 2.47. The zero-order valence-corrected chi connectivity index (χ0v) is 15.8.